The summed E-state index contributed by atoms with van der Waals surface area (Å²) in [7, 11) is 3.38. The van der Waals surface area contributed by atoms with Gasteiger partial charge in [-0.15, -0.1) is 0 Å². The van der Waals surface area contributed by atoms with Crippen molar-refractivity contribution in [3.05, 3.63) is 70.7 Å². The molecule has 0 bridgehead atoms. The molecular weight excluding hydrogens is 346 g/mol. The van der Waals surface area contributed by atoms with E-state index < -0.39 is 0 Å². The number of carbonyl (C=O) groups excluding carboxylic acids is 2. The molecule has 0 aliphatic heterocycles. The van der Waals surface area contributed by atoms with Gasteiger partial charge in [-0.2, -0.15) is 0 Å². The van der Waals surface area contributed by atoms with Gasteiger partial charge in [-0.1, -0.05) is 53.8 Å². The highest BCUT2D eigenvalue weighted by molar-refractivity contribution is 7.17. The Bertz CT molecular complexity index is 931. The van der Waals surface area contributed by atoms with Crippen molar-refractivity contribution in [1.29, 1.82) is 0 Å². The Morgan fingerprint density at radius 2 is 1.58 bits per heavy atom. The predicted molar refractivity (Wildman–Crippen MR) is 105 cm³/mol. The van der Waals surface area contributed by atoms with Crippen LogP contribution in [0.25, 0.3) is 11.1 Å². The summed E-state index contributed by atoms with van der Waals surface area (Å²) in [6.07, 6.45) is 0. The van der Waals surface area contributed by atoms with E-state index in [9.17, 15) is 9.59 Å². The number of hydrogen-bond donors (Lipinski definition) is 1. The average molecular weight is 365 g/mol. The van der Waals surface area contributed by atoms with Crippen molar-refractivity contribution in [2.45, 2.75) is 6.92 Å². The zero-order chi connectivity index (χ0) is 18.7. The van der Waals surface area contributed by atoms with E-state index in [4.69, 9.17) is 0 Å². The Morgan fingerprint density at radius 3 is 2.19 bits per heavy atom. The van der Waals surface area contributed by atoms with Crippen LogP contribution in [-0.4, -0.2) is 35.8 Å². The molecule has 26 heavy (non-hydrogen) atoms. The lowest BCUT2D eigenvalue weighted by molar-refractivity contribution is 0.0831. The van der Waals surface area contributed by atoms with E-state index >= 15 is 0 Å². The van der Waals surface area contributed by atoms with Crippen LogP contribution in [0.1, 0.15) is 25.7 Å². The van der Waals surface area contributed by atoms with E-state index in [2.05, 4.69) is 10.3 Å². The molecule has 1 aromatic heterocycles. The third-order valence-electron chi connectivity index (χ3n) is 3.87. The molecule has 3 aromatic rings. The highest BCUT2D eigenvalue weighted by Crippen LogP contribution is 2.24. The van der Waals surface area contributed by atoms with E-state index in [1.54, 1.807) is 33.2 Å². The fourth-order valence-electron chi connectivity index (χ4n) is 2.47. The number of carbonyl (C=O) groups is 2. The van der Waals surface area contributed by atoms with Gasteiger partial charge in [0.25, 0.3) is 11.8 Å². The van der Waals surface area contributed by atoms with Crippen molar-refractivity contribution in [3.63, 3.8) is 0 Å². The minimum absolute atomic E-state index is 0.118. The fourth-order valence-corrected chi connectivity index (χ4v) is 3.45. The van der Waals surface area contributed by atoms with E-state index in [1.807, 2.05) is 42.5 Å². The first kappa shape index (κ1) is 17.8. The van der Waals surface area contributed by atoms with Gasteiger partial charge in [0.15, 0.2) is 5.13 Å². The van der Waals surface area contributed by atoms with Crippen LogP contribution in [0.5, 0.6) is 0 Å². The molecule has 2 aromatic carbocycles. The molecule has 0 spiro atoms. The Hall–Kier alpha value is -2.99. The molecule has 0 aliphatic carbocycles. The van der Waals surface area contributed by atoms with Crippen LogP contribution in [0, 0.1) is 6.92 Å². The molecule has 132 valence electrons. The molecule has 3 rings (SSSR count). The Balaban J connectivity index is 1.74. The number of benzene rings is 2. The van der Waals surface area contributed by atoms with Crippen molar-refractivity contribution >= 4 is 28.3 Å². The zero-order valence-electron chi connectivity index (χ0n) is 14.8. The Kier molecular flexibility index (Phi) is 5.14. The minimum Gasteiger partial charge on any atom is -0.344 e. The maximum atomic E-state index is 12.4. The maximum absolute atomic E-state index is 12.4. The molecule has 0 unspecified atom stereocenters. The molecule has 0 saturated heterocycles. The lowest BCUT2D eigenvalue weighted by atomic mass is 10.0. The van der Waals surface area contributed by atoms with Gasteiger partial charge in [-0.25, -0.2) is 4.98 Å². The quantitative estimate of drug-likeness (QED) is 0.758. The van der Waals surface area contributed by atoms with Gasteiger partial charge in [-0.05, 0) is 30.2 Å². The monoisotopic (exact) mass is 365 g/mol. The van der Waals surface area contributed by atoms with Crippen LogP contribution in [-0.2, 0) is 0 Å². The standard InChI is InChI=1S/C20H19N3O2S/c1-13-17(19(25)23(2)3)26-20(21-13)22-18(24)16-11-9-15(10-12-16)14-7-5-4-6-8-14/h4-12H,1-3H3,(H,21,22,24). The molecule has 6 heteroatoms. The van der Waals surface area contributed by atoms with Crippen LogP contribution < -0.4 is 5.32 Å². The van der Waals surface area contributed by atoms with E-state index in [0.717, 1.165) is 11.1 Å². The number of rotatable bonds is 4. The summed E-state index contributed by atoms with van der Waals surface area (Å²) in [6.45, 7) is 1.76. The summed E-state index contributed by atoms with van der Waals surface area (Å²) in [4.78, 5) is 30.8. The molecule has 5 nitrogen and oxygen atoms in total. The summed E-state index contributed by atoms with van der Waals surface area (Å²) in [5.74, 6) is -0.366. The smallest absolute Gasteiger partial charge is 0.265 e. The number of amides is 2. The van der Waals surface area contributed by atoms with Crippen molar-refractivity contribution in [1.82, 2.24) is 9.88 Å². The van der Waals surface area contributed by atoms with Crippen molar-refractivity contribution < 1.29 is 9.59 Å². The first-order valence-corrected chi connectivity index (χ1v) is 8.93. The molecule has 0 saturated carbocycles. The topological polar surface area (TPSA) is 62.3 Å². The summed E-state index contributed by atoms with van der Waals surface area (Å²) < 4.78 is 0. The van der Waals surface area contributed by atoms with Gasteiger partial charge in [0, 0.05) is 19.7 Å². The molecular formula is C20H19N3O2S. The third kappa shape index (κ3) is 3.81. The van der Waals surface area contributed by atoms with Crippen molar-refractivity contribution in [3.8, 4) is 11.1 Å². The lowest BCUT2D eigenvalue weighted by Gasteiger charge is -2.07. The fraction of sp³-hybridized carbons (Fsp3) is 0.150. The number of aromatic nitrogens is 1. The summed E-state index contributed by atoms with van der Waals surface area (Å²) in [5, 5.41) is 3.19. The van der Waals surface area contributed by atoms with Crippen LogP contribution >= 0.6 is 11.3 Å². The van der Waals surface area contributed by atoms with Crippen LogP contribution in [0.2, 0.25) is 0 Å². The minimum atomic E-state index is -0.248. The first-order chi connectivity index (χ1) is 12.5. The summed E-state index contributed by atoms with van der Waals surface area (Å²) in [5.41, 5.74) is 3.30. The number of nitrogens with one attached hydrogen (secondary N) is 1. The van der Waals surface area contributed by atoms with E-state index in [0.29, 0.717) is 21.3 Å². The molecule has 2 amide bonds. The zero-order valence-corrected chi connectivity index (χ0v) is 15.6. The number of thiazole rings is 1. The highest BCUT2D eigenvalue weighted by Gasteiger charge is 2.18. The Labute approximate surface area is 156 Å². The Morgan fingerprint density at radius 1 is 0.962 bits per heavy atom. The van der Waals surface area contributed by atoms with Crippen LogP contribution in [0.4, 0.5) is 5.13 Å². The molecule has 0 fully saturated rings. The molecule has 1 heterocycles. The largest absolute Gasteiger partial charge is 0.344 e. The van der Waals surface area contributed by atoms with E-state index in [-0.39, 0.29) is 11.8 Å². The third-order valence-corrected chi connectivity index (χ3v) is 4.93. The summed E-state index contributed by atoms with van der Waals surface area (Å²) >= 11 is 1.18. The molecule has 0 radical (unpaired) electrons. The first-order valence-electron chi connectivity index (χ1n) is 8.11. The second kappa shape index (κ2) is 7.49. The number of aryl methyl sites for hydroxylation is 1. The number of anilines is 1. The number of nitrogens with zero attached hydrogens (tertiary/aromatic N) is 2. The SMILES string of the molecule is Cc1nc(NC(=O)c2ccc(-c3ccccc3)cc2)sc1C(=O)N(C)C. The van der Waals surface area contributed by atoms with Crippen LogP contribution in [0.3, 0.4) is 0 Å². The van der Waals surface area contributed by atoms with Gasteiger partial charge in [-0.3, -0.25) is 14.9 Å². The lowest BCUT2D eigenvalue weighted by Crippen LogP contribution is -2.21. The predicted octanol–water partition coefficient (Wildman–Crippen LogP) is 4.07. The summed E-state index contributed by atoms with van der Waals surface area (Å²) in [6, 6.07) is 17.4. The molecule has 0 aliphatic rings. The van der Waals surface area contributed by atoms with Gasteiger partial charge < -0.3 is 4.90 Å². The van der Waals surface area contributed by atoms with Gasteiger partial charge in [0.05, 0.1) is 5.69 Å². The maximum Gasteiger partial charge on any atom is 0.265 e. The van der Waals surface area contributed by atoms with Gasteiger partial charge >= 0.3 is 0 Å². The second-order valence-electron chi connectivity index (χ2n) is 6.03. The van der Waals surface area contributed by atoms with Crippen LogP contribution in [0.15, 0.2) is 54.6 Å². The van der Waals surface area contributed by atoms with Crippen molar-refractivity contribution in [2.75, 3.05) is 19.4 Å². The average Bonchev–Trinajstić information content (AvgIpc) is 3.01. The van der Waals surface area contributed by atoms with E-state index in [1.165, 1.54) is 16.2 Å². The molecule has 0 atom stereocenters. The second-order valence-corrected chi connectivity index (χ2v) is 7.03. The molecule has 1 N–H and O–H groups in total. The highest BCUT2D eigenvalue weighted by atomic mass is 32.1. The number of hydrogen-bond acceptors (Lipinski definition) is 4. The van der Waals surface area contributed by atoms with Gasteiger partial charge in [0.2, 0.25) is 0 Å². The van der Waals surface area contributed by atoms with Crippen molar-refractivity contribution in [2.24, 2.45) is 0 Å². The normalized spacial score (nSPS) is 10.4. The van der Waals surface area contributed by atoms with Gasteiger partial charge in [0.1, 0.15) is 4.88 Å².